The highest BCUT2D eigenvalue weighted by molar-refractivity contribution is 6.11. The van der Waals surface area contributed by atoms with Crippen molar-refractivity contribution >= 4 is 40.3 Å². The standard InChI is InChI=1S/C21H16N2O5/c24-16-8-4-14(5-9-16)6-10-17(25)12-18(26)11-7-15-13-22-19-2-1-3-20(21(15)19)23(27)28/h1-11,13,22,24H,12H2. The van der Waals surface area contributed by atoms with Gasteiger partial charge in [-0.25, -0.2) is 0 Å². The number of ketones is 2. The first-order valence-corrected chi connectivity index (χ1v) is 8.39. The predicted molar refractivity (Wildman–Crippen MR) is 106 cm³/mol. The summed E-state index contributed by atoms with van der Waals surface area (Å²) in [5, 5.41) is 20.8. The van der Waals surface area contributed by atoms with Crippen molar-refractivity contribution in [2.45, 2.75) is 6.42 Å². The van der Waals surface area contributed by atoms with E-state index in [2.05, 4.69) is 4.98 Å². The average Bonchev–Trinajstić information content (AvgIpc) is 3.09. The van der Waals surface area contributed by atoms with Crippen LogP contribution >= 0.6 is 0 Å². The lowest BCUT2D eigenvalue weighted by Gasteiger charge is -1.96. The Labute approximate surface area is 159 Å². The number of non-ortho nitro benzene ring substituents is 1. The van der Waals surface area contributed by atoms with E-state index in [-0.39, 0.29) is 23.6 Å². The van der Waals surface area contributed by atoms with Crippen molar-refractivity contribution in [2.75, 3.05) is 0 Å². The molecule has 0 saturated carbocycles. The number of aromatic amines is 1. The molecule has 7 nitrogen and oxygen atoms in total. The van der Waals surface area contributed by atoms with Gasteiger partial charge in [0.2, 0.25) is 0 Å². The molecule has 3 rings (SSSR count). The molecular weight excluding hydrogens is 360 g/mol. The summed E-state index contributed by atoms with van der Waals surface area (Å²) in [6.07, 6.45) is 6.83. The molecule has 3 aromatic rings. The maximum atomic E-state index is 12.0. The van der Waals surface area contributed by atoms with Crippen LogP contribution in [-0.4, -0.2) is 26.6 Å². The van der Waals surface area contributed by atoms with Crippen LogP contribution in [0.25, 0.3) is 23.1 Å². The van der Waals surface area contributed by atoms with Gasteiger partial charge < -0.3 is 10.1 Å². The van der Waals surface area contributed by atoms with Gasteiger partial charge >= 0.3 is 0 Å². The summed E-state index contributed by atoms with van der Waals surface area (Å²) < 4.78 is 0. The van der Waals surface area contributed by atoms with Gasteiger partial charge in [0.1, 0.15) is 5.75 Å². The van der Waals surface area contributed by atoms with E-state index < -0.39 is 10.7 Å². The van der Waals surface area contributed by atoms with E-state index >= 15 is 0 Å². The molecule has 7 heteroatoms. The number of aromatic hydroxyl groups is 1. The number of carbonyl (C=O) groups is 2. The highest BCUT2D eigenvalue weighted by atomic mass is 16.6. The van der Waals surface area contributed by atoms with Crippen LogP contribution in [0.15, 0.2) is 60.8 Å². The number of nitro groups is 1. The fraction of sp³-hybridized carbons (Fsp3) is 0.0476. The minimum atomic E-state index is -0.479. The van der Waals surface area contributed by atoms with Gasteiger partial charge in [0, 0.05) is 17.8 Å². The smallest absolute Gasteiger partial charge is 0.279 e. The fourth-order valence-corrected chi connectivity index (χ4v) is 2.72. The van der Waals surface area contributed by atoms with Crippen molar-refractivity contribution < 1.29 is 19.6 Å². The molecule has 0 amide bonds. The molecule has 0 fully saturated rings. The maximum Gasteiger partial charge on any atom is 0.279 e. The number of rotatable bonds is 7. The largest absolute Gasteiger partial charge is 0.508 e. The van der Waals surface area contributed by atoms with E-state index in [9.17, 15) is 24.8 Å². The van der Waals surface area contributed by atoms with Crippen LogP contribution in [0.4, 0.5) is 5.69 Å². The molecule has 1 aromatic heterocycles. The van der Waals surface area contributed by atoms with Crippen LogP contribution in [0, 0.1) is 10.1 Å². The van der Waals surface area contributed by atoms with Crippen LogP contribution in [0.2, 0.25) is 0 Å². The van der Waals surface area contributed by atoms with Crippen molar-refractivity contribution in [3.63, 3.8) is 0 Å². The molecule has 0 aliphatic heterocycles. The first-order chi connectivity index (χ1) is 13.4. The van der Waals surface area contributed by atoms with Crippen LogP contribution in [0.3, 0.4) is 0 Å². The predicted octanol–water partition coefficient (Wildman–Crippen LogP) is 4.04. The van der Waals surface area contributed by atoms with Gasteiger partial charge in [-0.1, -0.05) is 24.3 Å². The minimum absolute atomic E-state index is 0.0567. The molecule has 0 aliphatic rings. The zero-order valence-corrected chi connectivity index (χ0v) is 14.7. The topological polar surface area (TPSA) is 113 Å². The zero-order chi connectivity index (χ0) is 20.1. The average molecular weight is 376 g/mol. The SMILES string of the molecule is O=C(C=Cc1ccc(O)cc1)CC(=O)C=Cc1c[nH]c2cccc([N+](=O)[O-])c12. The van der Waals surface area contributed by atoms with Gasteiger partial charge in [-0.2, -0.15) is 0 Å². The number of hydrogen-bond donors (Lipinski definition) is 2. The number of nitrogens with zero attached hydrogens (tertiary/aromatic N) is 1. The Kier molecular flexibility index (Phi) is 5.45. The quantitative estimate of drug-likeness (QED) is 0.280. The molecule has 0 unspecified atom stereocenters. The van der Waals surface area contributed by atoms with Gasteiger partial charge in [0.05, 0.1) is 22.2 Å². The van der Waals surface area contributed by atoms with Crippen LogP contribution in [-0.2, 0) is 9.59 Å². The highest BCUT2D eigenvalue weighted by Crippen LogP contribution is 2.29. The van der Waals surface area contributed by atoms with E-state index in [1.807, 2.05) is 0 Å². The van der Waals surface area contributed by atoms with Gasteiger partial charge in [-0.3, -0.25) is 19.7 Å². The number of phenols is 1. The summed E-state index contributed by atoms with van der Waals surface area (Å²) in [6, 6.07) is 11.0. The fourth-order valence-electron chi connectivity index (χ4n) is 2.72. The Balaban J connectivity index is 1.68. The van der Waals surface area contributed by atoms with Crippen LogP contribution in [0.5, 0.6) is 5.75 Å². The van der Waals surface area contributed by atoms with Crippen molar-refractivity contribution in [1.82, 2.24) is 4.98 Å². The van der Waals surface area contributed by atoms with Gasteiger partial charge in [0.15, 0.2) is 11.6 Å². The summed E-state index contributed by atoms with van der Waals surface area (Å²) in [7, 11) is 0. The molecule has 0 saturated heterocycles. The Hall–Kier alpha value is -4.00. The number of nitrogens with one attached hydrogen (secondary N) is 1. The van der Waals surface area contributed by atoms with E-state index in [4.69, 9.17) is 0 Å². The summed E-state index contributed by atoms with van der Waals surface area (Å²) >= 11 is 0. The van der Waals surface area contributed by atoms with Gasteiger partial charge in [-0.05, 0) is 42.0 Å². The number of carbonyl (C=O) groups excluding carboxylic acids is 2. The second-order valence-electron chi connectivity index (χ2n) is 6.07. The number of fused-ring (bicyclic) bond motifs is 1. The summed E-state index contributed by atoms with van der Waals surface area (Å²) in [4.78, 5) is 37.6. The molecule has 0 aliphatic carbocycles. The molecule has 140 valence electrons. The Bertz CT molecular complexity index is 1110. The first kappa shape index (κ1) is 18.8. The van der Waals surface area contributed by atoms with Crippen molar-refractivity contribution in [3.8, 4) is 5.75 Å². The lowest BCUT2D eigenvalue weighted by Crippen LogP contribution is -2.01. The van der Waals surface area contributed by atoms with Gasteiger partial charge in [0.25, 0.3) is 5.69 Å². The Morgan fingerprint density at radius 2 is 1.71 bits per heavy atom. The lowest BCUT2D eigenvalue weighted by atomic mass is 10.1. The van der Waals surface area contributed by atoms with Crippen molar-refractivity contribution in [3.05, 3.63) is 82.1 Å². The molecule has 0 radical (unpaired) electrons. The van der Waals surface area contributed by atoms with Crippen LogP contribution < -0.4 is 0 Å². The van der Waals surface area contributed by atoms with Crippen molar-refractivity contribution in [1.29, 1.82) is 0 Å². The summed E-state index contributed by atoms with van der Waals surface area (Å²) in [5.74, 6) is -0.651. The monoisotopic (exact) mass is 376 g/mol. The Morgan fingerprint density at radius 3 is 2.39 bits per heavy atom. The lowest BCUT2D eigenvalue weighted by molar-refractivity contribution is -0.383. The van der Waals surface area contributed by atoms with E-state index in [0.717, 1.165) is 5.56 Å². The second-order valence-corrected chi connectivity index (χ2v) is 6.07. The third-order valence-corrected chi connectivity index (χ3v) is 4.06. The number of aromatic nitrogens is 1. The molecular formula is C21H16N2O5. The molecule has 28 heavy (non-hydrogen) atoms. The maximum absolute atomic E-state index is 12.0. The molecule has 2 N–H and O–H groups in total. The minimum Gasteiger partial charge on any atom is -0.508 e. The summed E-state index contributed by atoms with van der Waals surface area (Å²) in [6.45, 7) is 0. The molecule has 0 bridgehead atoms. The number of nitro benzene ring substituents is 1. The number of benzene rings is 2. The highest BCUT2D eigenvalue weighted by Gasteiger charge is 2.15. The van der Waals surface area contributed by atoms with E-state index in [1.54, 1.807) is 36.5 Å². The number of phenolic OH excluding ortho intramolecular Hbond substituents is 1. The number of hydrogen-bond acceptors (Lipinski definition) is 5. The third kappa shape index (κ3) is 4.39. The first-order valence-electron chi connectivity index (χ1n) is 8.39. The summed E-state index contributed by atoms with van der Waals surface area (Å²) in [5.41, 5.74) is 1.76. The normalized spacial score (nSPS) is 11.4. The third-order valence-electron chi connectivity index (χ3n) is 4.06. The van der Waals surface area contributed by atoms with Gasteiger partial charge in [-0.15, -0.1) is 0 Å². The zero-order valence-electron chi connectivity index (χ0n) is 14.7. The van der Waals surface area contributed by atoms with E-state index in [1.165, 1.54) is 36.4 Å². The molecule has 2 aromatic carbocycles. The Morgan fingerprint density at radius 1 is 1.04 bits per heavy atom. The van der Waals surface area contributed by atoms with E-state index in [0.29, 0.717) is 16.5 Å². The number of H-pyrrole nitrogens is 1. The van der Waals surface area contributed by atoms with Crippen molar-refractivity contribution in [2.24, 2.45) is 0 Å². The number of allylic oxidation sites excluding steroid dienone is 2. The second kappa shape index (κ2) is 8.13. The molecule has 0 spiro atoms. The molecule has 1 heterocycles. The molecule has 0 atom stereocenters. The van der Waals surface area contributed by atoms with Crippen LogP contribution in [0.1, 0.15) is 17.5 Å².